The minimum atomic E-state index is -3.54. The molecule has 1 aliphatic rings. The van der Waals surface area contributed by atoms with Crippen LogP contribution in [0.5, 0.6) is 0 Å². The van der Waals surface area contributed by atoms with Crippen molar-refractivity contribution >= 4 is 21.4 Å². The summed E-state index contributed by atoms with van der Waals surface area (Å²) in [6, 6.07) is 13.7. The Balaban J connectivity index is 1.75. The van der Waals surface area contributed by atoms with Crippen molar-refractivity contribution in [3.63, 3.8) is 0 Å². The third-order valence-corrected chi connectivity index (χ3v) is 5.45. The zero-order chi connectivity index (χ0) is 17.0. The molecule has 0 saturated carbocycles. The van der Waals surface area contributed by atoms with E-state index >= 15 is 0 Å². The van der Waals surface area contributed by atoms with E-state index in [1.165, 1.54) is 12.1 Å². The average molecular weight is 348 g/mol. The number of nitrogens with zero attached hydrogens (tertiary/aromatic N) is 1. The van der Waals surface area contributed by atoms with Gasteiger partial charge in [-0.1, -0.05) is 30.3 Å². The molecule has 1 saturated heterocycles. The summed E-state index contributed by atoms with van der Waals surface area (Å²) >= 11 is 0. The van der Waals surface area contributed by atoms with Gasteiger partial charge >= 0.3 is 0 Å². The van der Waals surface area contributed by atoms with Crippen LogP contribution in [0.4, 0.5) is 15.8 Å². The molecular weight excluding hydrogens is 327 g/mol. The topological polar surface area (TPSA) is 49.4 Å². The molecule has 1 fully saturated rings. The monoisotopic (exact) mass is 348 g/mol. The fraction of sp³-hybridized carbons (Fsp3) is 0.333. The van der Waals surface area contributed by atoms with E-state index in [1.807, 2.05) is 30.3 Å². The fourth-order valence-electron chi connectivity index (χ4n) is 2.94. The van der Waals surface area contributed by atoms with Crippen LogP contribution in [0.2, 0.25) is 0 Å². The van der Waals surface area contributed by atoms with Gasteiger partial charge in [-0.05, 0) is 37.0 Å². The zero-order valence-corrected chi connectivity index (χ0v) is 14.2. The number of hydrogen-bond donors (Lipinski definition) is 1. The summed E-state index contributed by atoms with van der Waals surface area (Å²) < 4.78 is 41.0. The molecular formula is C18H21FN2O2S. The summed E-state index contributed by atoms with van der Waals surface area (Å²) in [5.41, 5.74) is 2.03. The van der Waals surface area contributed by atoms with Crippen LogP contribution in [-0.2, 0) is 16.4 Å². The van der Waals surface area contributed by atoms with E-state index in [0.29, 0.717) is 12.1 Å². The number of rotatable bonds is 6. The Bertz CT molecular complexity index is 788. The first-order valence-electron chi connectivity index (χ1n) is 8.12. The van der Waals surface area contributed by atoms with E-state index in [9.17, 15) is 12.8 Å². The number of benzene rings is 2. The Kier molecular flexibility index (Phi) is 5.04. The lowest BCUT2D eigenvalue weighted by molar-refractivity contribution is 0.600. The Morgan fingerprint density at radius 1 is 1.04 bits per heavy atom. The Morgan fingerprint density at radius 2 is 1.75 bits per heavy atom. The highest BCUT2D eigenvalue weighted by Crippen LogP contribution is 2.30. The minimum absolute atomic E-state index is 0.0348. The maximum Gasteiger partial charge on any atom is 0.233 e. The molecule has 1 heterocycles. The van der Waals surface area contributed by atoms with Crippen molar-refractivity contribution in [2.24, 2.45) is 0 Å². The third kappa shape index (κ3) is 4.26. The third-order valence-electron chi connectivity index (χ3n) is 4.17. The Hall–Kier alpha value is -2.08. The molecule has 0 atom stereocenters. The second-order valence-electron chi connectivity index (χ2n) is 6.01. The Labute approximate surface area is 142 Å². The number of anilines is 2. The lowest BCUT2D eigenvalue weighted by atomic mass is 10.2. The highest BCUT2D eigenvalue weighted by atomic mass is 32.2. The molecule has 0 radical (unpaired) electrons. The minimum Gasteiger partial charge on any atom is -0.370 e. The van der Waals surface area contributed by atoms with Crippen molar-refractivity contribution in [2.45, 2.75) is 19.3 Å². The molecule has 6 heteroatoms. The molecule has 24 heavy (non-hydrogen) atoms. The molecule has 0 spiro atoms. The van der Waals surface area contributed by atoms with Gasteiger partial charge in [0.05, 0.1) is 17.1 Å². The predicted molar refractivity (Wildman–Crippen MR) is 95.4 cm³/mol. The quantitative estimate of drug-likeness (QED) is 0.870. The standard InChI is InChI=1S/C18H21FN2O2S/c19-16-8-9-18(21-11-4-5-12-21)17(14-16)20-24(22,23)13-10-15-6-2-1-3-7-15/h1-3,6-9,14,20H,4-5,10-13H2. The van der Waals surface area contributed by atoms with Crippen molar-refractivity contribution in [3.05, 3.63) is 59.9 Å². The van der Waals surface area contributed by atoms with Crippen molar-refractivity contribution in [1.29, 1.82) is 0 Å². The molecule has 0 aliphatic carbocycles. The predicted octanol–water partition coefficient (Wildman–Crippen LogP) is 3.41. The van der Waals surface area contributed by atoms with Crippen molar-refractivity contribution in [1.82, 2.24) is 0 Å². The van der Waals surface area contributed by atoms with Gasteiger partial charge in [-0.2, -0.15) is 0 Å². The van der Waals surface area contributed by atoms with Crippen LogP contribution in [0.1, 0.15) is 18.4 Å². The van der Waals surface area contributed by atoms with Gasteiger partial charge in [-0.3, -0.25) is 4.72 Å². The fourth-order valence-corrected chi connectivity index (χ4v) is 4.04. The highest BCUT2D eigenvalue weighted by Gasteiger charge is 2.19. The summed E-state index contributed by atoms with van der Waals surface area (Å²) in [6.07, 6.45) is 2.56. The van der Waals surface area contributed by atoms with E-state index in [1.54, 1.807) is 6.07 Å². The smallest absolute Gasteiger partial charge is 0.233 e. The van der Waals surface area contributed by atoms with Gasteiger partial charge in [-0.15, -0.1) is 0 Å². The van der Waals surface area contributed by atoms with Gasteiger partial charge in [0, 0.05) is 19.2 Å². The van der Waals surface area contributed by atoms with Crippen LogP contribution in [0.25, 0.3) is 0 Å². The number of aryl methyl sites for hydroxylation is 1. The number of sulfonamides is 1. The summed E-state index contributed by atoms with van der Waals surface area (Å²) in [6.45, 7) is 1.73. The molecule has 1 aliphatic heterocycles. The normalized spacial score (nSPS) is 14.8. The van der Waals surface area contributed by atoms with E-state index in [0.717, 1.165) is 37.2 Å². The Morgan fingerprint density at radius 3 is 2.46 bits per heavy atom. The van der Waals surface area contributed by atoms with Gasteiger partial charge in [0.1, 0.15) is 5.82 Å². The molecule has 0 amide bonds. The molecule has 4 nitrogen and oxygen atoms in total. The van der Waals surface area contributed by atoms with Crippen LogP contribution < -0.4 is 9.62 Å². The summed E-state index contributed by atoms with van der Waals surface area (Å²) in [4.78, 5) is 2.09. The zero-order valence-electron chi connectivity index (χ0n) is 13.4. The van der Waals surface area contributed by atoms with Crippen LogP contribution >= 0.6 is 0 Å². The van der Waals surface area contributed by atoms with Gasteiger partial charge < -0.3 is 4.90 Å². The first-order chi connectivity index (χ1) is 11.5. The molecule has 1 N–H and O–H groups in total. The van der Waals surface area contributed by atoms with E-state index in [2.05, 4.69) is 9.62 Å². The van der Waals surface area contributed by atoms with Crippen molar-refractivity contribution in [3.8, 4) is 0 Å². The van der Waals surface area contributed by atoms with E-state index in [-0.39, 0.29) is 5.75 Å². The SMILES string of the molecule is O=S(=O)(CCc1ccccc1)Nc1cc(F)ccc1N1CCCC1. The molecule has 0 bridgehead atoms. The molecule has 0 unspecified atom stereocenters. The molecule has 128 valence electrons. The second kappa shape index (κ2) is 7.21. The molecule has 0 aromatic heterocycles. The van der Waals surface area contributed by atoms with Crippen LogP contribution in [0.3, 0.4) is 0 Å². The number of halogens is 1. The summed E-state index contributed by atoms with van der Waals surface area (Å²) in [5, 5.41) is 0. The number of nitrogens with one attached hydrogen (secondary N) is 1. The lowest BCUT2D eigenvalue weighted by Crippen LogP contribution is -2.23. The van der Waals surface area contributed by atoms with Crippen LogP contribution in [0.15, 0.2) is 48.5 Å². The molecule has 3 rings (SSSR count). The van der Waals surface area contributed by atoms with Gasteiger partial charge in [-0.25, -0.2) is 12.8 Å². The van der Waals surface area contributed by atoms with Crippen LogP contribution in [-0.4, -0.2) is 27.3 Å². The van der Waals surface area contributed by atoms with E-state index < -0.39 is 15.8 Å². The van der Waals surface area contributed by atoms with Crippen LogP contribution in [0, 0.1) is 5.82 Å². The van der Waals surface area contributed by atoms with Gasteiger partial charge in [0.15, 0.2) is 0 Å². The summed E-state index contributed by atoms with van der Waals surface area (Å²) in [7, 11) is -3.54. The highest BCUT2D eigenvalue weighted by molar-refractivity contribution is 7.92. The van der Waals surface area contributed by atoms with Crippen molar-refractivity contribution in [2.75, 3.05) is 28.5 Å². The van der Waals surface area contributed by atoms with Gasteiger partial charge in [0.2, 0.25) is 10.0 Å². The summed E-state index contributed by atoms with van der Waals surface area (Å²) in [5.74, 6) is -0.480. The first kappa shape index (κ1) is 16.8. The number of hydrogen-bond acceptors (Lipinski definition) is 3. The van der Waals surface area contributed by atoms with Gasteiger partial charge in [0.25, 0.3) is 0 Å². The second-order valence-corrected chi connectivity index (χ2v) is 7.85. The lowest BCUT2D eigenvalue weighted by Gasteiger charge is -2.22. The average Bonchev–Trinajstić information content (AvgIpc) is 3.08. The first-order valence-corrected chi connectivity index (χ1v) is 9.78. The largest absolute Gasteiger partial charge is 0.370 e. The maximum absolute atomic E-state index is 13.6. The van der Waals surface area contributed by atoms with E-state index in [4.69, 9.17) is 0 Å². The van der Waals surface area contributed by atoms with Crippen molar-refractivity contribution < 1.29 is 12.8 Å². The molecule has 2 aromatic rings. The maximum atomic E-state index is 13.6. The molecule has 2 aromatic carbocycles.